The van der Waals surface area contributed by atoms with Crippen LogP contribution in [0.1, 0.15) is 361 Å². The van der Waals surface area contributed by atoms with E-state index >= 15 is 0 Å². The van der Waals surface area contributed by atoms with Crippen molar-refractivity contribution in [3.05, 3.63) is 146 Å². The Morgan fingerprint density at radius 3 is 0.851 bits per heavy atom. The molecule has 0 spiro atoms. The smallest absolute Gasteiger partial charge is 0.361 e. The Kier molecular flexibility index (Phi) is 77.0. The van der Waals surface area contributed by atoms with Crippen LogP contribution in [0.25, 0.3) is 0 Å². The van der Waals surface area contributed by atoms with Crippen molar-refractivity contribution in [1.29, 1.82) is 0 Å². The number of esters is 2. The average Bonchev–Trinajstić information content (AvgIpc) is 1.21. The first-order valence-corrected chi connectivity index (χ1v) is 42.0. The largest absolute Gasteiger partial charge is 0.477 e. The number of allylic oxidation sites excluding steroid dienone is 24. The first-order chi connectivity index (χ1) is 49.6. The van der Waals surface area contributed by atoms with E-state index in [-0.39, 0.29) is 32.2 Å². The summed E-state index contributed by atoms with van der Waals surface area (Å²) in [5.74, 6) is -2.01. The first-order valence-electron chi connectivity index (χ1n) is 42.0. The molecule has 0 saturated heterocycles. The fourth-order valence-electron chi connectivity index (χ4n) is 11.7. The third-order valence-electron chi connectivity index (χ3n) is 18.1. The van der Waals surface area contributed by atoms with E-state index in [1.807, 2.05) is 21.1 Å². The zero-order valence-electron chi connectivity index (χ0n) is 66.3. The molecule has 0 radical (unpaired) electrons. The van der Waals surface area contributed by atoms with Crippen molar-refractivity contribution in [3.63, 3.8) is 0 Å². The van der Waals surface area contributed by atoms with Crippen LogP contribution in [-0.4, -0.2) is 87.4 Å². The van der Waals surface area contributed by atoms with Gasteiger partial charge in [-0.25, -0.2) is 4.79 Å². The second kappa shape index (κ2) is 80.8. The van der Waals surface area contributed by atoms with Gasteiger partial charge >= 0.3 is 17.9 Å². The van der Waals surface area contributed by atoms with Crippen molar-refractivity contribution in [1.82, 2.24) is 0 Å². The van der Waals surface area contributed by atoms with Crippen molar-refractivity contribution in [3.8, 4) is 0 Å². The second-order valence-electron chi connectivity index (χ2n) is 29.1. The predicted molar refractivity (Wildman–Crippen MR) is 437 cm³/mol. The molecule has 0 amide bonds. The number of likely N-dealkylation sites (N-methyl/N-ethyl adjacent to an activating group) is 1. The molecule has 2 unspecified atom stereocenters. The van der Waals surface area contributed by atoms with Crippen LogP contribution < -0.4 is 0 Å². The lowest BCUT2D eigenvalue weighted by Gasteiger charge is -2.25. The summed E-state index contributed by atoms with van der Waals surface area (Å²) in [6.07, 6.45) is 116. The highest BCUT2D eigenvalue weighted by atomic mass is 16.7. The summed E-state index contributed by atoms with van der Waals surface area (Å²) in [5, 5.41) is 9.78. The van der Waals surface area contributed by atoms with Crippen LogP contribution in [0.5, 0.6) is 0 Å². The van der Waals surface area contributed by atoms with Crippen molar-refractivity contribution < 1.29 is 42.9 Å². The summed E-state index contributed by atoms with van der Waals surface area (Å²) >= 11 is 0. The van der Waals surface area contributed by atoms with E-state index in [2.05, 4.69) is 160 Å². The number of ether oxygens (including phenoxy) is 4. The summed E-state index contributed by atoms with van der Waals surface area (Å²) in [7, 11) is 5.98. The summed E-state index contributed by atoms with van der Waals surface area (Å²) in [4.78, 5) is 37.8. The minimum atomic E-state index is -1.52. The fourth-order valence-corrected chi connectivity index (χ4v) is 11.7. The molecule has 0 aromatic carbocycles. The molecule has 0 heterocycles. The van der Waals surface area contributed by atoms with Gasteiger partial charge < -0.3 is 28.5 Å². The van der Waals surface area contributed by atoms with Gasteiger partial charge in [0.25, 0.3) is 6.29 Å². The Morgan fingerprint density at radius 1 is 0.307 bits per heavy atom. The van der Waals surface area contributed by atoms with Crippen molar-refractivity contribution in [2.24, 2.45) is 0 Å². The van der Waals surface area contributed by atoms with Crippen LogP contribution in [0.2, 0.25) is 0 Å². The Balaban J connectivity index is 4.08. The molecular weight excluding hydrogens is 1250 g/mol. The lowest BCUT2D eigenvalue weighted by atomic mass is 10.0. The molecule has 0 saturated carbocycles. The first kappa shape index (κ1) is 96.2. The van der Waals surface area contributed by atoms with Crippen molar-refractivity contribution in [2.75, 3.05) is 47.5 Å². The van der Waals surface area contributed by atoms with Crippen LogP contribution in [0.15, 0.2) is 146 Å². The van der Waals surface area contributed by atoms with Gasteiger partial charge in [-0.05, 0) is 122 Å². The summed E-state index contributed by atoms with van der Waals surface area (Å²) in [5.41, 5.74) is 0. The molecule has 578 valence electrons. The van der Waals surface area contributed by atoms with Crippen molar-refractivity contribution in [2.45, 2.75) is 373 Å². The lowest BCUT2D eigenvalue weighted by Crippen LogP contribution is -2.40. The minimum Gasteiger partial charge on any atom is -0.477 e. The van der Waals surface area contributed by atoms with Crippen LogP contribution >= 0.6 is 0 Å². The fraction of sp³-hybridized carbons (Fsp3) is 0.707. The van der Waals surface area contributed by atoms with E-state index in [0.717, 1.165) is 116 Å². The molecule has 9 heteroatoms. The van der Waals surface area contributed by atoms with Gasteiger partial charge in [-0.1, -0.05) is 372 Å². The molecule has 0 fully saturated rings. The zero-order valence-corrected chi connectivity index (χ0v) is 66.3. The normalized spacial score (nSPS) is 13.4. The number of aliphatic carboxylic acids is 1. The molecule has 9 nitrogen and oxygen atoms in total. The number of rotatable bonds is 77. The standard InChI is InChI=1S/C92H157NO8/c1-6-8-10-12-14-16-18-20-22-24-26-28-30-32-34-36-38-40-42-43-44-45-46-47-49-51-53-55-57-59-61-63-65-67-69-71-73-75-77-79-81-83-90(95)101-88(87-100-92(91(96)97)98-85-84-93(3,4)5)86-99-89(94)82-80-78-76-74-72-70-68-66-64-62-60-58-56-54-52-50-48-41-39-37-35-33-31-29-27-25-23-21-19-17-15-13-11-9-7-2/h8,10,14,16,20,22,25-28,32,34,38,40,43-44,46-47,51,53,57,59,63,65,88,92H,6-7,9,11-13,15,17-19,21,23-24,29-31,33,35-37,39,41-42,45,48-50,52,54-56,58,60-62,64,66-87H2,1-5H3/p+1/b10-8-,16-14-,22-20-,27-25-,28-26-,34-32-,40-38-,44-43-,47-46-,53-51-,59-57-,65-63-. The highest BCUT2D eigenvalue weighted by molar-refractivity contribution is 5.71. The number of hydrogen-bond donors (Lipinski definition) is 1. The van der Waals surface area contributed by atoms with E-state index in [1.165, 1.54) is 212 Å². The third kappa shape index (κ3) is 82.3. The molecule has 1 N–H and O–H groups in total. The van der Waals surface area contributed by atoms with E-state index < -0.39 is 24.3 Å². The van der Waals surface area contributed by atoms with Gasteiger partial charge in [-0.3, -0.25) is 9.59 Å². The average molecular weight is 1410 g/mol. The van der Waals surface area contributed by atoms with Crippen molar-refractivity contribution >= 4 is 17.9 Å². The molecule has 101 heavy (non-hydrogen) atoms. The molecule has 0 aromatic rings. The molecule has 0 aliphatic rings. The number of carboxylic acids is 1. The number of quaternary nitrogens is 1. The van der Waals surface area contributed by atoms with Gasteiger partial charge in [-0.2, -0.15) is 0 Å². The maximum Gasteiger partial charge on any atom is 0.361 e. The topological polar surface area (TPSA) is 108 Å². The van der Waals surface area contributed by atoms with Gasteiger partial charge in [-0.15, -0.1) is 0 Å². The number of carboxylic acid groups (broad SMARTS) is 1. The van der Waals surface area contributed by atoms with Gasteiger partial charge in [0.2, 0.25) is 0 Å². The zero-order chi connectivity index (χ0) is 73.2. The summed E-state index contributed by atoms with van der Waals surface area (Å²) < 4.78 is 23.0. The Labute approximate surface area is 623 Å². The SMILES string of the molecule is CC/C=C\C/C=C\C/C=C\C/C=C\C/C=C\C/C=C\C/C=C\C/C=C\C/C=C\C/C=C\C/C=C\CCCCCCCCCC(=O)OC(COC(=O)CCCCCCCCCCCCCCCCCCCCCCCCC/C=C\CCCCCCCCCC)COC(OCC[N+](C)(C)C)C(=O)O. The third-order valence-corrected chi connectivity index (χ3v) is 18.1. The van der Waals surface area contributed by atoms with Gasteiger partial charge in [0.05, 0.1) is 34.4 Å². The molecule has 0 aliphatic carbocycles. The Morgan fingerprint density at radius 2 is 0.564 bits per heavy atom. The summed E-state index contributed by atoms with van der Waals surface area (Å²) in [6.45, 7) is 4.78. The number of unbranched alkanes of at least 4 members (excludes halogenated alkanes) is 38. The lowest BCUT2D eigenvalue weighted by molar-refractivity contribution is -0.870. The molecule has 0 rings (SSSR count). The highest BCUT2D eigenvalue weighted by Crippen LogP contribution is 2.19. The van der Waals surface area contributed by atoms with E-state index in [1.54, 1.807) is 0 Å². The molecular formula is C92H158NO8+. The molecule has 2 atom stereocenters. The monoisotopic (exact) mass is 1410 g/mol. The Hall–Kier alpha value is -4.83. The molecule has 0 aromatic heterocycles. The van der Waals surface area contributed by atoms with Gasteiger partial charge in [0.15, 0.2) is 6.10 Å². The van der Waals surface area contributed by atoms with E-state index in [9.17, 15) is 19.5 Å². The number of hydrogen-bond acceptors (Lipinski definition) is 7. The highest BCUT2D eigenvalue weighted by Gasteiger charge is 2.25. The molecule has 0 bridgehead atoms. The van der Waals surface area contributed by atoms with E-state index in [4.69, 9.17) is 18.9 Å². The van der Waals surface area contributed by atoms with Crippen LogP contribution in [0.4, 0.5) is 0 Å². The number of carbonyl (C=O) groups is 3. The second-order valence-corrected chi connectivity index (χ2v) is 29.1. The van der Waals surface area contributed by atoms with Crippen LogP contribution in [-0.2, 0) is 33.3 Å². The number of nitrogens with zero attached hydrogens (tertiary/aromatic N) is 1. The minimum absolute atomic E-state index is 0.180. The maximum atomic E-state index is 13.0. The predicted octanol–water partition coefficient (Wildman–Crippen LogP) is 27.4. The van der Waals surface area contributed by atoms with Gasteiger partial charge in [0.1, 0.15) is 13.2 Å². The quantitative estimate of drug-likeness (QED) is 0.0211. The molecule has 0 aliphatic heterocycles. The van der Waals surface area contributed by atoms with E-state index in [0.29, 0.717) is 23.9 Å². The Bertz CT molecular complexity index is 2180. The van der Waals surface area contributed by atoms with Gasteiger partial charge in [0, 0.05) is 12.8 Å². The maximum absolute atomic E-state index is 13.0. The van der Waals surface area contributed by atoms with Crippen LogP contribution in [0, 0.1) is 0 Å². The summed E-state index contributed by atoms with van der Waals surface area (Å²) in [6, 6.07) is 0. The number of carbonyl (C=O) groups excluding carboxylic acids is 2. The van der Waals surface area contributed by atoms with Crippen LogP contribution in [0.3, 0.4) is 0 Å².